The van der Waals surface area contributed by atoms with Crippen LogP contribution in [0.2, 0.25) is 0 Å². The van der Waals surface area contributed by atoms with Gasteiger partial charge in [0.25, 0.3) is 5.70 Å². The molecule has 1 N–H and O–H groups in total. The van der Waals surface area contributed by atoms with Crippen LogP contribution < -0.4 is 10.1 Å². The zero-order chi connectivity index (χ0) is 26.9. The van der Waals surface area contributed by atoms with Crippen molar-refractivity contribution in [1.82, 2.24) is 10.2 Å². The maximum absolute atomic E-state index is 13.3. The predicted octanol–water partition coefficient (Wildman–Crippen LogP) is 5.31. The molecule has 1 aliphatic rings. The smallest absolute Gasteiger partial charge is 0.336 e. The highest BCUT2D eigenvalue weighted by Gasteiger charge is 2.42. The number of ether oxygens (including phenoxy) is 2. The fourth-order valence-electron chi connectivity index (χ4n) is 4.09. The average Bonchev–Trinajstić information content (AvgIpc) is 2.87. The molecule has 0 amide bonds. The van der Waals surface area contributed by atoms with Gasteiger partial charge in [-0.2, -0.15) is 0 Å². The Morgan fingerprint density at radius 2 is 1.78 bits per heavy atom. The number of rotatable bonds is 12. The highest BCUT2D eigenvalue weighted by Crippen LogP contribution is 2.42. The highest BCUT2D eigenvalue weighted by atomic mass is 32.2. The normalized spacial score (nSPS) is 16.4. The quantitative estimate of drug-likeness (QED) is 0.131. The molecule has 1 heterocycles. The summed E-state index contributed by atoms with van der Waals surface area (Å²) in [4.78, 5) is 27.2. The van der Waals surface area contributed by atoms with Gasteiger partial charge in [-0.15, -0.1) is 11.8 Å². The molecule has 1 aliphatic heterocycles. The summed E-state index contributed by atoms with van der Waals surface area (Å²) in [5.74, 6) is -0.177. The van der Waals surface area contributed by atoms with E-state index in [0.717, 1.165) is 11.3 Å². The maximum atomic E-state index is 13.3. The number of nitro groups is 1. The van der Waals surface area contributed by atoms with E-state index in [-0.39, 0.29) is 17.9 Å². The van der Waals surface area contributed by atoms with Gasteiger partial charge in [0.15, 0.2) is 0 Å². The van der Waals surface area contributed by atoms with E-state index in [4.69, 9.17) is 9.47 Å². The molecule has 37 heavy (non-hydrogen) atoms. The van der Waals surface area contributed by atoms with E-state index in [9.17, 15) is 14.9 Å². The summed E-state index contributed by atoms with van der Waals surface area (Å²) < 4.78 is 11.7. The van der Waals surface area contributed by atoms with E-state index in [1.807, 2.05) is 50.5 Å². The lowest BCUT2D eigenvalue weighted by Crippen LogP contribution is -2.32. The topological polar surface area (TPSA) is 93.9 Å². The van der Waals surface area contributed by atoms with Gasteiger partial charge in [-0.3, -0.25) is 15.0 Å². The molecule has 9 heteroatoms. The summed E-state index contributed by atoms with van der Waals surface area (Å²) in [5, 5.41) is 15.6. The zero-order valence-electron chi connectivity index (χ0n) is 22.0. The minimum atomic E-state index is -0.932. The Hall–Kier alpha value is -3.30. The van der Waals surface area contributed by atoms with Crippen LogP contribution in [0, 0.1) is 10.1 Å². The van der Waals surface area contributed by atoms with Gasteiger partial charge < -0.3 is 14.8 Å². The zero-order valence-corrected chi connectivity index (χ0v) is 22.8. The lowest BCUT2D eigenvalue weighted by atomic mass is 9.83. The van der Waals surface area contributed by atoms with Crippen molar-refractivity contribution in [2.75, 3.05) is 26.5 Å². The fraction of sp³-hybridized carbons (Fsp3) is 0.393. The Kier molecular flexibility index (Phi) is 10.2. The lowest BCUT2D eigenvalue weighted by Gasteiger charge is -2.27. The van der Waals surface area contributed by atoms with Crippen LogP contribution in [0.4, 0.5) is 0 Å². The lowest BCUT2D eigenvalue weighted by molar-refractivity contribution is -0.431. The number of para-hydroxylation sites is 1. The third kappa shape index (κ3) is 7.36. The molecular formula is C28H35N3O5S. The molecule has 0 aliphatic carbocycles. The largest absolute Gasteiger partial charge is 0.489 e. The molecule has 8 nitrogen and oxygen atoms in total. The van der Waals surface area contributed by atoms with Crippen molar-refractivity contribution in [3.05, 3.63) is 98.5 Å². The van der Waals surface area contributed by atoms with Gasteiger partial charge >= 0.3 is 5.97 Å². The molecule has 0 fully saturated rings. The van der Waals surface area contributed by atoms with Crippen LogP contribution >= 0.6 is 11.8 Å². The first kappa shape index (κ1) is 28.3. The number of thioether (sulfide) groups is 1. The average molecular weight is 526 g/mol. The molecule has 3 rings (SSSR count). The summed E-state index contributed by atoms with van der Waals surface area (Å²) >= 11 is 1.78. The van der Waals surface area contributed by atoms with Crippen molar-refractivity contribution < 1.29 is 19.2 Å². The van der Waals surface area contributed by atoms with Crippen molar-refractivity contribution in [1.29, 1.82) is 0 Å². The van der Waals surface area contributed by atoms with E-state index in [0.29, 0.717) is 41.1 Å². The first-order valence-electron chi connectivity index (χ1n) is 12.2. The van der Waals surface area contributed by atoms with E-state index in [2.05, 4.69) is 17.1 Å². The molecule has 2 aromatic rings. The Balaban J connectivity index is 1.85. The van der Waals surface area contributed by atoms with E-state index >= 15 is 0 Å². The SMILES string of the molecule is CC1=C(C(=O)OCCCSC(C)N(C)C)C(c2ccccc2OCc2ccccc2)C([N+](=O)[O-])=C(C)N1. The first-order chi connectivity index (χ1) is 17.7. The van der Waals surface area contributed by atoms with Crippen molar-refractivity contribution in [2.45, 2.75) is 45.1 Å². The molecular weight excluding hydrogens is 490 g/mol. The number of hydrogen-bond acceptors (Lipinski definition) is 8. The number of carbonyl (C=O) groups is 1. The van der Waals surface area contributed by atoms with Gasteiger partial charge in [0, 0.05) is 11.3 Å². The minimum Gasteiger partial charge on any atom is -0.489 e. The van der Waals surface area contributed by atoms with Crippen molar-refractivity contribution >= 4 is 17.7 Å². The monoisotopic (exact) mass is 525 g/mol. The number of hydrogen-bond donors (Lipinski definition) is 1. The number of nitrogens with zero attached hydrogens (tertiary/aromatic N) is 2. The highest BCUT2D eigenvalue weighted by molar-refractivity contribution is 7.99. The van der Waals surface area contributed by atoms with Gasteiger partial charge in [0.1, 0.15) is 18.3 Å². The first-order valence-corrected chi connectivity index (χ1v) is 13.3. The second-order valence-electron chi connectivity index (χ2n) is 9.10. The molecule has 0 aromatic heterocycles. The Morgan fingerprint density at radius 1 is 1.11 bits per heavy atom. The molecule has 2 atom stereocenters. The third-order valence-corrected chi connectivity index (χ3v) is 7.65. The van der Waals surface area contributed by atoms with Crippen LogP contribution in [-0.4, -0.2) is 47.6 Å². The number of dihydropyridines is 1. The van der Waals surface area contributed by atoms with Crippen LogP contribution in [0.25, 0.3) is 0 Å². The minimum absolute atomic E-state index is 0.0938. The molecule has 0 spiro atoms. The molecule has 0 radical (unpaired) electrons. The Labute approximate surface area is 222 Å². The number of carbonyl (C=O) groups excluding carboxylic acids is 1. The van der Waals surface area contributed by atoms with E-state index < -0.39 is 16.8 Å². The van der Waals surface area contributed by atoms with Crippen LogP contribution in [0.3, 0.4) is 0 Å². The Morgan fingerprint density at radius 3 is 2.46 bits per heavy atom. The molecule has 0 saturated heterocycles. The van der Waals surface area contributed by atoms with Gasteiger partial charge in [0.2, 0.25) is 0 Å². The molecule has 2 aromatic carbocycles. The van der Waals surface area contributed by atoms with Crippen LogP contribution in [-0.2, 0) is 16.1 Å². The summed E-state index contributed by atoms with van der Waals surface area (Å²) in [7, 11) is 4.04. The number of allylic oxidation sites excluding steroid dienone is 3. The van der Waals surface area contributed by atoms with Gasteiger partial charge in [-0.05, 0) is 58.7 Å². The summed E-state index contributed by atoms with van der Waals surface area (Å²) in [6, 6.07) is 16.8. The second kappa shape index (κ2) is 13.3. The predicted molar refractivity (Wildman–Crippen MR) is 147 cm³/mol. The number of benzene rings is 2. The molecule has 0 saturated carbocycles. The van der Waals surface area contributed by atoms with Crippen LogP contribution in [0.5, 0.6) is 5.75 Å². The molecule has 198 valence electrons. The number of esters is 1. The third-order valence-electron chi connectivity index (χ3n) is 6.22. The van der Waals surface area contributed by atoms with Gasteiger partial charge in [-0.25, -0.2) is 4.79 Å². The summed E-state index contributed by atoms with van der Waals surface area (Å²) in [5.41, 5.74) is 2.57. The van der Waals surface area contributed by atoms with E-state index in [1.165, 1.54) is 0 Å². The summed E-state index contributed by atoms with van der Waals surface area (Å²) in [6.07, 6.45) is 0.687. The fourth-order valence-corrected chi connectivity index (χ4v) is 5.01. The molecule has 0 bridgehead atoms. The van der Waals surface area contributed by atoms with Crippen molar-refractivity contribution in [3.8, 4) is 5.75 Å². The van der Waals surface area contributed by atoms with Crippen LogP contribution in [0.1, 0.15) is 44.2 Å². The van der Waals surface area contributed by atoms with E-state index in [1.54, 1.807) is 43.8 Å². The standard InChI is InChI=1S/C28H35N3O5S/c1-19-25(28(32)35-16-11-17-37-21(3)30(4)5)26(27(31(33)34)20(2)29-19)23-14-9-10-15-24(23)36-18-22-12-7-6-8-13-22/h6-10,12-15,21,26,29H,11,16-18H2,1-5H3. The second-order valence-corrected chi connectivity index (χ2v) is 10.5. The van der Waals surface area contributed by atoms with Gasteiger partial charge in [-0.1, -0.05) is 48.5 Å². The summed E-state index contributed by atoms with van der Waals surface area (Å²) in [6.45, 7) is 6.04. The Bertz CT molecular complexity index is 1160. The van der Waals surface area contributed by atoms with Gasteiger partial charge in [0.05, 0.1) is 28.2 Å². The number of nitrogens with one attached hydrogen (secondary N) is 1. The van der Waals surface area contributed by atoms with Crippen molar-refractivity contribution in [3.63, 3.8) is 0 Å². The maximum Gasteiger partial charge on any atom is 0.336 e. The van der Waals surface area contributed by atoms with Crippen molar-refractivity contribution in [2.24, 2.45) is 0 Å². The van der Waals surface area contributed by atoms with Crippen LogP contribution in [0.15, 0.2) is 77.3 Å². The molecule has 2 unspecified atom stereocenters.